The molecule has 1 aliphatic heterocycles. The Kier molecular flexibility index (Phi) is 5.07. The first-order chi connectivity index (χ1) is 13.2. The number of fused-ring (bicyclic) bond motifs is 1. The molecule has 1 aliphatic rings. The topological polar surface area (TPSA) is 62.2 Å². The van der Waals surface area contributed by atoms with Crippen molar-refractivity contribution in [2.75, 3.05) is 31.1 Å². The molecule has 0 spiro atoms. The maximum absolute atomic E-state index is 12.5. The van der Waals surface area contributed by atoms with Gasteiger partial charge in [-0.2, -0.15) is 0 Å². The summed E-state index contributed by atoms with van der Waals surface area (Å²) in [6, 6.07) is 12.2. The lowest BCUT2D eigenvalue weighted by Crippen LogP contribution is -2.43. The number of anilines is 1. The second-order valence-corrected chi connectivity index (χ2v) is 6.99. The number of aromatic nitrogens is 2. The van der Waals surface area contributed by atoms with Gasteiger partial charge in [0.1, 0.15) is 12.4 Å². The molecule has 3 heterocycles. The zero-order chi connectivity index (χ0) is 18.6. The van der Waals surface area contributed by atoms with Gasteiger partial charge in [0.2, 0.25) is 5.91 Å². The predicted octanol–water partition coefficient (Wildman–Crippen LogP) is 2.07. The number of aryl methyl sites for hydroxylation is 1. The highest BCUT2D eigenvalue weighted by Gasteiger charge is 2.12. The predicted molar refractivity (Wildman–Crippen MR) is 108 cm³/mol. The Morgan fingerprint density at radius 2 is 2.04 bits per heavy atom. The highest BCUT2D eigenvalue weighted by Crippen LogP contribution is 2.20. The van der Waals surface area contributed by atoms with E-state index in [0.29, 0.717) is 13.1 Å². The highest BCUT2D eigenvalue weighted by molar-refractivity contribution is 5.86. The van der Waals surface area contributed by atoms with Crippen molar-refractivity contribution in [1.82, 2.24) is 20.2 Å². The van der Waals surface area contributed by atoms with Crippen molar-refractivity contribution in [2.45, 2.75) is 20.0 Å². The third-order valence-electron chi connectivity index (χ3n) is 5.04. The third-order valence-corrected chi connectivity index (χ3v) is 5.04. The number of benzene rings is 1. The lowest BCUT2D eigenvalue weighted by Gasteiger charge is -2.28. The van der Waals surface area contributed by atoms with Crippen LogP contribution in [0.2, 0.25) is 0 Å². The molecule has 1 amide bonds. The van der Waals surface area contributed by atoms with Gasteiger partial charge in [0.25, 0.3) is 0 Å². The molecule has 2 aromatic heterocycles. The summed E-state index contributed by atoms with van der Waals surface area (Å²) in [5.41, 5.74) is 3.35. The van der Waals surface area contributed by atoms with Crippen LogP contribution in [0.3, 0.4) is 0 Å². The number of para-hydroxylation sites is 1. The first kappa shape index (κ1) is 17.5. The zero-order valence-electron chi connectivity index (χ0n) is 15.6. The second kappa shape index (κ2) is 7.80. The van der Waals surface area contributed by atoms with Crippen LogP contribution in [0.5, 0.6) is 0 Å². The van der Waals surface area contributed by atoms with Gasteiger partial charge in [-0.15, -0.1) is 0 Å². The third kappa shape index (κ3) is 3.95. The number of pyridine rings is 1. The van der Waals surface area contributed by atoms with E-state index in [1.54, 1.807) is 0 Å². The lowest BCUT2D eigenvalue weighted by molar-refractivity contribution is -0.121. The van der Waals surface area contributed by atoms with Crippen molar-refractivity contribution in [3.05, 3.63) is 59.9 Å². The Morgan fingerprint density at radius 1 is 1.22 bits per heavy atom. The number of rotatable bonds is 5. The van der Waals surface area contributed by atoms with Gasteiger partial charge >= 0.3 is 0 Å². The number of carbonyl (C=O) groups excluding carboxylic acids is 1. The first-order valence-electron chi connectivity index (χ1n) is 9.42. The molecule has 27 heavy (non-hydrogen) atoms. The molecule has 0 radical (unpaired) electrons. The molecule has 0 bridgehead atoms. The van der Waals surface area contributed by atoms with Crippen molar-refractivity contribution in [3.63, 3.8) is 0 Å². The van der Waals surface area contributed by atoms with Gasteiger partial charge < -0.3 is 20.1 Å². The SMILES string of the molecule is Cc1cn(CC(=O)NCc2ccnc(N3CCNCC3)c2)c2ccccc12. The molecule has 3 aromatic rings. The number of nitrogens with one attached hydrogen (secondary N) is 2. The summed E-state index contributed by atoms with van der Waals surface area (Å²) in [7, 11) is 0. The van der Waals surface area contributed by atoms with Crippen LogP contribution in [0, 0.1) is 6.92 Å². The van der Waals surface area contributed by atoms with Crippen LogP contribution in [-0.2, 0) is 17.9 Å². The molecule has 0 atom stereocenters. The molecular weight excluding hydrogens is 338 g/mol. The van der Waals surface area contributed by atoms with Crippen molar-refractivity contribution in [2.24, 2.45) is 0 Å². The van der Waals surface area contributed by atoms with Gasteiger partial charge in [-0.3, -0.25) is 4.79 Å². The average molecular weight is 363 g/mol. The maximum atomic E-state index is 12.5. The van der Waals surface area contributed by atoms with Gasteiger partial charge in [0, 0.05) is 56.0 Å². The monoisotopic (exact) mass is 363 g/mol. The van der Waals surface area contributed by atoms with Gasteiger partial charge in [-0.25, -0.2) is 4.98 Å². The van der Waals surface area contributed by atoms with Gasteiger partial charge in [-0.05, 0) is 36.2 Å². The fraction of sp³-hybridized carbons (Fsp3) is 0.333. The molecule has 4 rings (SSSR count). The summed E-state index contributed by atoms with van der Waals surface area (Å²) in [4.78, 5) is 19.2. The summed E-state index contributed by atoms with van der Waals surface area (Å²) in [5, 5.41) is 7.58. The maximum Gasteiger partial charge on any atom is 0.240 e. The average Bonchev–Trinajstić information content (AvgIpc) is 3.03. The van der Waals surface area contributed by atoms with E-state index in [0.717, 1.165) is 43.1 Å². The fourth-order valence-electron chi connectivity index (χ4n) is 3.61. The van der Waals surface area contributed by atoms with E-state index in [-0.39, 0.29) is 5.91 Å². The van der Waals surface area contributed by atoms with E-state index in [1.807, 2.05) is 35.2 Å². The normalized spacial score (nSPS) is 14.5. The van der Waals surface area contributed by atoms with Crippen LogP contribution in [0.4, 0.5) is 5.82 Å². The Labute approximate surface area is 159 Å². The van der Waals surface area contributed by atoms with Gasteiger partial charge in [0.05, 0.1) is 0 Å². The minimum Gasteiger partial charge on any atom is -0.354 e. The molecule has 1 aromatic carbocycles. The smallest absolute Gasteiger partial charge is 0.240 e. The minimum atomic E-state index is 0.0105. The Bertz CT molecular complexity index is 943. The summed E-state index contributed by atoms with van der Waals surface area (Å²) in [5.74, 6) is 0.992. The van der Waals surface area contributed by atoms with E-state index in [1.165, 1.54) is 10.9 Å². The van der Waals surface area contributed by atoms with Gasteiger partial charge in [0.15, 0.2) is 0 Å². The van der Waals surface area contributed by atoms with E-state index >= 15 is 0 Å². The molecule has 0 saturated carbocycles. The zero-order valence-corrected chi connectivity index (χ0v) is 15.6. The van der Waals surface area contributed by atoms with E-state index in [9.17, 15) is 4.79 Å². The number of nitrogens with zero attached hydrogens (tertiary/aromatic N) is 3. The largest absolute Gasteiger partial charge is 0.354 e. The molecular formula is C21H25N5O. The van der Waals surface area contributed by atoms with Gasteiger partial charge in [-0.1, -0.05) is 18.2 Å². The number of amides is 1. The summed E-state index contributed by atoms with van der Waals surface area (Å²) >= 11 is 0. The van der Waals surface area contributed by atoms with Crippen molar-refractivity contribution in [1.29, 1.82) is 0 Å². The Hall–Kier alpha value is -2.86. The molecule has 0 aliphatic carbocycles. The first-order valence-corrected chi connectivity index (χ1v) is 9.42. The molecule has 6 heteroatoms. The molecule has 140 valence electrons. The van der Waals surface area contributed by atoms with Crippen LogP contribution in [0.15, 0.2) is 48.8 Å². The summed E-state index contributed by atoms with van der Waals surface area (Å²) < 4.78 is 2.01. The molecule has 2 N–H and O–H groups in total. The number of piperazine rings is 1. The second-order valence-electron chi connectivity index (χ2n) is 6.99. The van der Waals surface area contributed by atoms with Crippen molar-refractivity contribution < 1.29 is 4.79 Å². The number of hydrogen-bond acceptors (Lipinski definition) is 4. The quantitative estimate of drug-likeness (QED) is 0.729. The van der Waals surface area contributed by atoms with Crippen LogP contribution < -0.4 is 15.5 Å². The molecule has 6 nitrogen and oxygen atoms in total. The highest BCUT2D eigenvalue weighted by atomic mass is 16.1. The van der Waals surface area contributed by atoms with Crippen molar-refractivity contribution in [3.8, 4) is 0 Å². The Balaban J connectivity index is 1.39. The number of carbonyl (C=O) groups is 1. The molecule has 0 unspecified atom stereocenters. The Morgan fingerprint density at radius 3 is 2.89 bits per heavy atom. The lowest BCUT2D eigenvalue weighted by atomic mass is 10.2. The summed E-state index contributed by atoms with van der Waals surface area (Å²) in [6.45, 7) is 6.79. The van der Waals surface area contributed by atoms with Crippen LogP contribution in [0.25, 0.3) is 10.9 Å². The van der Waals surface area contributed by atoms with E-state index in [4.69, 9.17) is 0 Å². The molecule has 1 fully saturated rings. The fourth-order valence-corrected chi connectivity index (χ4v) is 3.61. The van der Waals surface area contributed by atoms with E-state index in [2.05, 4.69) is 45.6 Å². The van der Waals surface area contributed by atoms with E-state index < -0.39 is 0 Å². The summed E-state index contributed by atoms with van der Waals surface area (Å²) in [6.07, 6.45) is 3.86. The standard InChI is InChI=1S/C21H25N5O/c1-16-14-26(19-5-3-2-4-18(16)19)15-21(27)24-13-17-6-7-23-20(12-17)25-10-8-22-9-11-25/h2-7,12,14,22H,8-11,13,15H2,1H3,(H,24,27). The number of hydrogen-bond donors (Lipinski definition) is 2. The van der Waals surface area contributed by atoms with Crippen molar-refractivity contribution >= 4 is 22.6 Å². The van der Waals surface area contributed by atoms with Crippen LogP contribution in [0.1, 0.15) is 11.1 Å². The van der Waals surface area contributed by atoms with Crippen LogP contribution >= 0.6 is 0 Å². The molecule has 1 saturated heterocycles. The minimum absolute atomic E-state index is 0.0105. The van der Waals surface area contributed by atoms with Crippen LogP contribution in [-0.4, -0.2) is 41.6 Å².